The number of benzene rings is 1. The van der Waals surface area contributed by atoms with Crippen LogP contribution in [0.2, 0.25) is 0 Å². The molecule has 5 heteroatoms. The molecule has 0 saturated carbocycles. The maximum absolute atomic E-state index is 9.22. The van der Waals surface area contributed by atoms with Crippen molar-refractivity contribution < 1.29 is 0 Å². The van der Waals surface area contributed by atoms with Gasteiger partial charge in [-0.1, -0.05) is 18.2 Å². The summed E-state index contributed by atoms with van der Waals surface area (Å²) in [6.07, 6.45) is 5.41. The number of fused-ring (bicyclic) bond motifs is 1. The van der Waals surface area contributed by atoms with Crippen LogP contribution in [0.5, 0.6) is 0 Å². The minimum absolute atomic E-state index is 0.564. The Morgan fingerprint density at radius 1 is 1.30 bits per heavy atom. The molecule has 0 saturated heterocycles. The first-order chi connectivity index (χ1) is 9.86. The van der Waals surface area contributed by atoms with E-state index in [1.54, 1.807) is 12.5 Å². The van der Waals surface area contributed by atoms with Gasteiger partial charge in [0.25, 0.3) is 0 Å². The van der Waals surface area contributed by atoms with Crippen molar-refractivity contribution in [1.29, 1.82) is 5.26 Å². The van der Waals surface area contributed by atoms with Crippen LogP contribution in [-0.4, -0.2) is 21.1 Å². The number of pyridine rings is 1. The molecule has 0 aliphatic heterocycles. The molecule has 2 aromatic heterocycles. The number of hydrogen-bond donors (Lipinski definition) is 1. The van der Waals surface area contributed by atoms with E-state index in [-0.39, 0.29) is 0 Å². The van der Waals surface area contributed by atoms with Crippen molar-refractivity contribution in [1.82, 2.24) is 14.5 Å². The van der Waals surface area contributed by atoms with Crippen LogP contribution in [0.15, 0.2) is 49.1 Å². The monoisotopic (exact) mass is 263 g/mol. The van der Waals surface area contributed by atoms with Crippen molar-refractivity contribution in [3.63, 3.8) is 0 Å². The summed E-state index contributed by atoms with van der Waals surface area (Å²) in [7, 11) is 0. The highest BCUT2D eigenvalue weighted by atomic mass is 15.1. The Labute approximate surface area is 116 Å². The zero-order chi connectivity index (χ0) is 13.8. The Bertz CT molecular complexity index is 756. The lowest BCUT2D eigenvalue weighted by atomic mass is 10.1. The molecule has 0 atom stereocenters. The number of imidazole rings is 1. The third-order valence-electron chi connectivity index (χ3n) is 3.07. The zero-order valence-corrected chi connectivity index (χ0v) is 10.8. The molecule has 98 valence electrons. The van der Waals surface area contributed by atoms with Crippen molar-refractivity contribution >= 4 is 16.7 Å². The minimum Gasteiger partial charge on any atom is -0.367 e. The van der Waals surface area contributed by atoms with Crippen LogP contribution in [0.1, 0.15) is 5.56 Å². The van der Waals surface area contributed by atoms with Crippen LogP contribution in [0.4, 0.5) is 5.82 Å². The fourth-order valence-corrected chi connectivity index (χ4v) is 2.06. The van der Waals surface area contributed by atoms with Crippen molar-refractivity contribution in [3.05, 3.63) is 54.6 Å². The fourth-order valence-electron chi connectivity index (χ4n) is 2.06. The highest BCUT2D eigenvalue weighted by molar-refractivity contribution is 5.82. The molecular formula is C15H13N5. The van der Waals surface area contributed by atoms with Gasteiger partial charge in [-0.05, 0) is 12.1 Å². The predicted molar refractivity (Wildman–Crippen MR) is 77.2 cm³/mol. The number of aromatic nitrogens is 3. The Morgan fingerprint density at radius 2 is 2.20 bits per heavy atom. The smallest absolute Gasteiger partial charge is 0.144 e. The molecule has 1 N–H and O–H groups in total. The first-order valence-corrected chi connectivity index (χ1v) is 6.36. The second-order valence-electron chi connectivity index (χ2n) is 4.42. The lowest BCUT2D eigenvalue weighted by molar-refractivity contribution is 0.725. The molecule has 3 aromatic rings. The summed E-state index contributed by atoms with van der Waals surface area (Å²) >= 11 is 0. The van der Waals surface area contributed by atoms with Crippen LogP contribution in [0.3, 0.4) is 0 Å². The van der Waals surface area contributed by atoms with Crippen molar-refractivity contribution in [2.75, 3.05) is 11.9 Å². The maximum Gasteiger partial charge on any atom is 0.144 e. The van der Waals surface area contributed by atoms with E-state index in [0.717, 1.165) is 17.4 Å². The molecule has 0 aliphatic carbocycles. The molecule has 5 nitrogen and oxygen atoms in total. The third-order valence-corrected chi connectivity index (χ3v) is 3.07. The van der Waals surface area contributed by atoms with E-state index in [1.807, 2.05) is 41.1 Å². The molecule has 0 amide bonds. The SMILES string of the molecule is N#Cc1cc2ccccc2nc1NCCn1ccnc1. The van der Waals surface area contributed by atoms with Gasteiger partial charge in [0.2, 0.25) is 0 Å². The first-order valence-electron chi connectivity index (χ1n) is 6.36. The lowest BCUT2D eigenvalue weighted by Gasteiger charge is -2.09. The maximum atomic E-state index is 9.22. The van der Waals surface area contributed by atoms with Gasteiger partial charge in [-0.15, -0.1) is 0 Å². The van der Waals surface area contributed by atoms with Crippen molar-refractivity contribution in [2.24, 2.45) is 0 Å². The minimum atomic E-state index is 0.564. The topological polar surface area (TPSA) is 66.5 Å². The number of nitriles is 1. The Kier molecular flexibility index (Phi) is 3.29. The highest BCUT2D eigenvalue weighted by Crippen LogP contribution is 2.19. The summed E-state index contributed by atoms with van der Waals surface area (Å²) < 4.78 is 1.97. The molecule has 3 rings (SSSR count). The van der Waals surface area contributed by atoms with Gasteiger partial charge in [0, 0.05) is 30.9 Å². The van der Waals surface area contributed by atoms with Gasteiger partial charge < -0.3 is 9.88 Å². The average Bonchev–Trinajstić information content (AvgIpc) is 3.00. The van der Waals surface area contributed by atoms with Crippen LogP contribution in [-0.2, 0) is 6.54 Å². The number of rotatable bonds is 4. The van der Waals surface area contributed by atoms with Crippen molar-refractivity contribution in [3.8, 4) is 6.07 Å². The highest BCUT2D eigenvalue weighted by Gasteiger charge is 2.05. The number of hydrogen-bond acceptors (Lipinski definition) is 4. The standard InChI is InChI=1S/C15H13N5/c16-10-13-9-12-3-1-2-4-14(12)19-15(13)18-6-8-20-7-5-17-11-20/h1-5,7,9,11H,6,8H2,(H,18,19). The zero-order valence-electron chi connectivity index (χ0n) is 10.8. The molecule has 0 spiro atoms. The van der Waals surface area contributed by atoms with E-state index in [1.165, 1.54) is 0 Å². The molecule has 20 heavy (non-hydrogen) atoms. The predicted octanol–water partition coefficient (Wildman–Crippen LogP) is 2.42. The van der Waals surface area contributed by atoms with Gasteiger partial charge >= 0.3 is 0 Å². The lowest BCUT2D eigenvalue weighted by Crippen LogP contribution is -2.11. The number of anilines is 1. The van der Waals surface area contributed by atoms with E-state index in [9.17, 15) is 5.26 Å². The van der Waals surface area contributed by atoms with Gasteiger partial charge in [-0.25, -0.2) is 9.97 Å². The van der Waals surface area contributed by atoms with Gasteiger partial charge in [-0.2, -0.15) is 5.26 Å². The Morgan fingerprint density at radius 3 is 3.00 bits per heavy atom. The van der Waals surface area contributed by atoms with E-state index in [4.69, 9.17) is 0 Å². The van der Waals surface area contributed by atoms with Crippen LogP contribution in [0.25, 0.3) is 10.9 Å². The summed E-state index contributed by atoms with van der Waals surface area (Å²) in [6.45, 7) is 1.47. The van der Waals surface area contributed by atoms with Crippen LogP contribution in [0, 0.1) is 11.3 Å². The third kappa shape index (κ3) is 2.45. The number of nitrogens with zero attached hydrogens (tertiary/aromatic N) is 4. The molecule has 0 bridgehead atoms. The molecular weight excluding hydrogens is 250 g/mol. The molecule has 0 fully saturated rings. The Balaban J connectivity index is 1.81. The van der Waals surface area contributed by atoms with Gasteiger partial charge in [0.1, 0.15) is 11.9 Å². The largest absolute Gasteiger partial charge is 0.367 e. The van der Waals surface area contributed by atoms with E-state index < -0.39 is 0 Å². The number of para-hydroxylation sites is 1. The van der Waals surface area contributed by atoms with Crippen LogP contribution >= 0.6 is 0 Å². The van der Waals surface area contributed by atoms with Gasteiger partial charge in [-0.3, -0.25) is 0 Å². The molecule has 0 aliphatic rings. The summed E-state index contributed by atoms with van der Waals surface area (Å²) in [5.41, 5.74) is 1.45. The summed E-state index contributed by atoms with van der Waals surface area (Å²) in [4.78, 5) is 8.50. The normalized spacial score (nSPS) is 10.3. The fraction of sp³-hybridized carbons (Fsp3) is 0.133. The summed E-state index contributed by atoms with van der Waals surface area (Å²) in [6, 6.07) is 11.8. The number of nitrogens with one attached hydrogen (secondary N) is 1. The second kappa shape index (κ2) is 5.41. The molecule has 1 aromatic carbocycles. The Hall–Kier alpha value is -2.87. The van der Waals surface area contributed by atoms with E-state index >= 15 is 0 Å². The summed E-state index contributed by atoms with van der Waals surface area (Å²) in [5, 5.41) is 13.4. The molecule has 0 radical (unpaired) electrons. The molecule has 2 heterocycles. The van der Waals surface area contributed by atoms with E-state index in [2.05, 4.69) is 21.4 Å². The second-order valence-corrected chi connectivity index (χ2v) is 4.42. The molecule has 0 unspecified atom stereocenters. The van der Waals surface area contributed by atoms with Crippen molar-refractivity contribution in [2.45, 2.75) is 6.54 Å². The first kappa shape index (κ1) is 12.2. The van der Waals surface area contributed by atoms with E-state index in [0.29, 0.717) is 17.9 Å². The quantitative estimate of drug-likeness (QED) is 0.785. The van der Waals surface area contributed by atoms with Gasteiger partial charge in [0.15, 0.2) is 0 Å². The van der Waals surface area contributed by atoms with Gasteiger partial charge in [0.05, 0.1) is 17.4 Å². The van der Waals surface area contributed by atoms with Crippen LogP contribution < -0.4 is 5.32 Å². The average molecular weight is 263 g/mol. The summed E-state index contributed by atoms with van der Waals surface area (Å²) in [5.74, 6) is 0.631.